The number of rotatable bonds is 10. The van der Waals surface area contributed by atoms with Gasteiger partial charge in [-0.3, -0.25) is 0 Å². The average molecular weight is 540 g/mol. The molecule has 1 atom stereocenters. The molecular formula is C28H27F2N3O6. The van der Waals surface area contributed by atoms with Crippen molar-refractivity contribution in [2.45, 2.75) is 25.5 Å². The van der Waals surface area contributed by atoms with E-state index in [1.54, 1.807) is 19.2 Å². The van der Waals surface area contributed by atoms with E-state index < -0.39 is 17.6 Å². The molecule has 1 aliphatic heterocycles. The average Bonchev–Trinajstić information content (AvgIpc) is 3.24. The molecule has 0 spiro atoms. The van der Waals surface area contributed by atoms with Gasteiger partial charge in [0.2, 0.25) is 5.88 Å². The van der Waals surface area contributed by atoms with Crippen molar-refractivity contribution in [1.82, 2.24) is 14.5 Å². The normalized spacial score (nSPS) is 14.8. The third-order valence-corrected chi connectivity index (χ3v) is 6.54. The molecule has 1 aliphatic rings. The highest BCUT2D eigenvalue weighted by atomic mass is 19.1. The van der Waals surface area contributed by atoms with Crippen molar-refractivity contribution < 1.29 is 37.6 Å². The molecule has 204 valence electrons. The number of ether oxygens (including phenoxy) is 4. The van der Waals surface area contributed by atoms with Crippen molar-refractivity contribution >= 4 is 17.0 Å². The van der Waals surface area contributed by atoms with E-state index >= 15 is 8.78 Å². The topological polar surface area (TPSA) is 105 Å². The molecule has 1 fully saturated rings. The number of pyridine rings is 1. The van der Waals surface area contributed by atoms with Crippen molar-refractivity contribution in [2.24, 2.45) is 0 Å². The van der Waals surface area contributed by atoms with E-state index in [1.165, 1.54) is 25.3 Å². The molecule has 5 rings (SSSR count). The van der Waals surface area contributed by atoms with Crippen molar-refractivity contribution in [3.63, 3.8) is 0 Å². The first-order chi connectivity index (χ1) is 18.9. The highest BCUT2D eigenvalue weighted by molar-refractivity contribution is 5.96. The third kappa shape index (κ3) is 5.55. The fourth-order valence-corrected chi connectivity index (χ4v) is 4.45. The Bertz CT molecular complexity index is 1520. The number of methoxy groups -OCH3 is 2. The Hall–Kier alpha value is -4.09. The zero-order valence-electron chi connectivity index (χ0n) is 21.4. The second kappa shape index (κ2) is 11.3. The predicted molar refractivity (Wildman–Crippen MR) is 137 cm³/mol. The summed E-state index contributed by atoms with van der Waals surface area (Å²) >= 11 is 0. The van der Waals surface area contributed by atoms with Crippen LogP contribution in [0.4, 0.5) is 8.78 Å². The van der Waals surface area contributed by atoms with Gasteiger partial charge < -0.3 is 28.6 Å². The SMILES string of the molecule is COCCOc1cc(C(=O)OC)cc2c1nc(Cc1cc(F)c(-c3cccc(O)n3)cc1F)n2C[C@@H]1CCO1. The Morgan fingerprint density at radius 1 is 1.13 bits per heavy atom. The number of hydrogen-bond acceptors (Lipinski definition) is 8. The Balaban J connectivity index is 1.58. The standard InChI is InChI=1S/C28H27F2N3O6/c1-36-8-9-39-24-12-17(28(35)37-2)11-23-27(24)32-25(33(23)15-18-6-7-38-18)13-16-10-21(30)19(14-20(16)29)22-4-3-5-26(34)31-22/h3-5,10-12,14,18H,6-9,13,15H2,1-2H3,(H,31,34)/t18-/m0/s1. The molecule has 11 heteroatoms. The molecule has 0 unspecified atom stereocenters. The van der Waals surface area contributed by atoms with E-state index in [2.05, 4.69) is 4.98 Å². The molecule has 3 heterocycles. The molecule has 1 N–H and O–H groups in total. The van der Waals surface area contributed by atoms with Crippen molar-refractivity contribution in [1.29, 1.82) is 0 Å². The number of aromatic hydroxyl groups is 1. The van der Waals surface area contributed by atoms with E-state index in [0.29, 0.717) is 42.4 Å². The van der Waals surface area contributed by atoms with Crippen LogP contribution in [0.2, 0.25) is 0 Å². The highest BCUT2D eigenvalue weighted by Crippen LogP contribution is 2.32. The number of aromatic nitrogens is 3. The Labute approximate surface area is 222 Å². The maximum Gasteiger partial charge on any atom is 0.338 e. The van der Waals surface area contributed by atoms with Gasteiger partial charge in [-0.25, -0.2) is 23.5 Å². The van der Waals surface area contributed by atoms with Crippen LogP contribution in [0.25, 0.3) is 22.3 Å². The summed E-state index contributed by atoms with van der Waals surface area (Å²) in [5.74, 6) is -1.39. The molecule has 9 nitrogen and oxygen atoms in total. The van der Waals surface area contributed by atoms with Crippen LogP contribution in [0.5, 0.6) is 11.6 Å². The van der Waals surface area contributed by atoms with Crippen molar-refractivity contribution in [2.75, 3.05) is 34.0 Å². The lowest BCUT2D eigenvalue weighted by Gasteiger charge is -2.27. The molecule has 4 aromatic rings. The maximum absolute atomic E-state index is 15.3. The fourth-order valence-electron chi connectivity index (χ4n) is 4.45. The number of carbonyl (C=O) groups is 1. The van der Waals surface area contributed by atoms with Crippen LogP contribution in [0.15, 0.2) is 42.5 Å². The second-order valence-electron chi connectivity index (χ2n) is 9.08. The summed E-state index contributed by atoms with van der Waals surface area (Å²) in [7, 11) is 2.83. The molecule has 0 saturated carbocycles. The van der Waals surface area contributed by atoms with Crippen LogP contribution in [0.3, 0.4) is 0 Å². The van der Waals surface area contributed by atoms with Crippen LogP contribution < -0.4 is 4.74 Å². The molecule has 0 aliphatic carbocycles. The van der Waals surface area contributed by atoms with E-state index in [1.807, 2.05) is 4.57 Å². The first kappa shape index (κ1) is 26.5. The number of esters is 1. The van der Waals surface area contributed by atoms with Crippen LogP contribution >= 0.6 is 0 Å². The van der Waals surface area contributed by atoms with Crippen molar-refractivity contribution in [3.8, 4) is 22.9 Å². The number of fused-ring (bicyclic) bond motifs is 1. The second-order valence-corrected chi connectivity index (χ2v) is 9.08. The maximum atomic E-state index is 15.3. The van der Waals surface area contributed by atoms with Gasteiger partial charge >= 0.3 is 5.97 Å². The number of carbonyl (C=O) groups excluding carboxylic acids is 1. The minimum Gasteiger partial charge on any atom is -0.493 e. The molecule has 0 radical (unpaired) electrons. The molecule has 1 saturated heterocycles. The first-order valence-corrected chi connectivity index (χ1v) is 12.4. The molecule has 2 aromatic carbocycles. The molecule has 39 heavy (non-hydrogen) atoms. The van der Waals surface area contributed by atoms with E-state index in [-0.39, 0.29) is 47.4 Å². The lowest BCUT2D eigenvalue weighted by atomic mass is 10.0. The summed E-state index contributed by atoms with van der Waals surface area (Å²) in [5.41, 5.74) is 1.43. The van der Waals surface area contributed by atoms with E-state index in [9.17, 15) is 9.90 Å². The summed E-state index contributed by atoms with van der Waals surface area (Å²) in [6.07, 6.45) is 0.714. The van der Waals surface area contributed by atoms with Gasteiger partial charge in [0.1, 0.15) is 35.3 Å². The molecule has 0 amide bonds. The minimum atomic E-state index is -0.689. The number of halogens is 2. The van der Waals surface area contributed by atoms with Gasteiger partial charge in [-0.05, 0) is 42.3 Å². The number of hydrogen-bond donors (Lipinski definition) is 1. The summed E-state index contributed by atoms with van der Waals surface area (Å²) in [5, 5.41) is 9.65. The van der Waals surface area contributed by atoms with E-state index in [4.69, 9.17) is 23.9 Å². The Kier molecular flexibility index (Phi) is 7.71. The largest absolute Gasteiger partial charge is 0.493 e. The van der Waals surface area contributed by atoms with Crippen LogP contribution in [-0.4, -0.2) is 65.8 Å². The Morgan fingerprint density at radius 3 is 2.64 bits per heavy atom. The summed E-state index contributed by atoms with van der Waals surface area (Å²) in [6, 6.07) is 9.69. The van der Waals surface area contributed by atoms with Gasteiger partial charge in [0.25, 0.3) is 0 Å². The van der Waals surface area contributed by atoms with Crippen LogP contribution in [0, 0.1) is 11.6 Å². The summed E-state index contributed by atoms with van der Waals surface area (Å²) in [6.45, 7) is 1.58. The summed E-state index contributed by atoms with van der Waals surface area (Å²) in [4.78, 5) is 21.0. The summed E-state index contributed by atoms with van der Waals surface area (Å²) < 4.78 is 53.8. The predicted octanol–water partition coefficient (Wildman–Crippen LogP) is 4.27. The van der Waals surface area contributed by atoms with Gasteiger partial charge in [0.05, 0.1) is 43.1 Å². The zero-order chi connectivity index (χ0) is 27.5. The van der Waals surface area contributed by atoms with E-state index in [0.717, 1.165) is 18.6 Å². The number of nitrogens with zero attached hydrogens (tertiary/aromatic N) is 3. The lowest BCUT2D eigenvalue weighted by molar-refractivity contribution is -0.0589. The monoisotopic (exact) mass is 539 g/mol. The zero-order valence-corrected chi connectivity index (χ0v) is 21.4. The van der Waals surface area contributed by atoms with Crippen molar-refractivity contribution in [3.05, 3.63) is 71.1 Å². The highest BCUT2D eigenvalue weighted by Gasteiger charge is 2.25. The van der Waals surface area contributed by atoms with Gasteiger partial charge in [0, 0.05) is 31.8 Å². The van der Waals surface area contributed by atoms with Gasteiger partial charge in [-0.2, -0.15) is 0 Å². The van der Waals surface area contributed by atoms with Crippen LogP contribution in [0.1, 0.15) is 28.2 Å². The van der Waals surface area contributed by atoms with Crippen LogP contribution in [-0.2, 0) is 27.2 Å². The molecular weight excluding hydrogens is 512 g/mol. The molecule has 0 bridgehead atoms. The first-order valence-electron chi connectivity index (χ1n) is 12.4. The number of imidazole rings is 1. The Morgan fingerprint density at radius 2 is 1.95 bits per heavy atom. The van der Waals surface area contributed by atoms with Gasteiger partial charge in [-0.15, -0.1) is 0 Å². The van der Waals surface area contributed by atoms with Gasteiger partial charge in [0.15, 0.2) is 0 Å². The minimum absolute atomic E-state index is 0.0387. The lowest BCUT2D eigenvalue weighted by Crippen LogP contribution is -2.31. The molecule has 2 aromatic heterocycles. The smallest absolute Gasteiger partial charge is 0.338 e. The fraction of sp³-hybridized carbons (Fsp3) is 0.321. The number of benzene rings is 2. The third-order valence-electron chi connectivity index (χ3n) is 6.54. The van der Waals surface area contributed by atoms with Gasteiger partial charge in [-0.1, -0.05) is 6.07 Å². The quantitative estimate of drug-likeness (QED) is 0.235.